The molecule has 0 bridgehead atoms. The van der Waals surface area contributed by atoms with Gasteiger partial charge in [-0.1, -0.05) is 32.8 Å². The van der Waals surface area contributed by atoms with Gasteiger partial charge < -0.3 is 10.7 Å². The van der Waals surface area contributed by atoms with E-state index in [1.165, 1.54) is 12.1 Å². The lowest BCUT2D eigenvalue weighted by atomic mass is 10.0. The Morgan fingerprint density at radius 1 is 1.40 bits per heavy atom. The molecule has 4 N–H and O–H groups in total. The second kappa shape index (κ2) is 7.44. The molecule has 0 aromatic heterocycles. The zero-order chi connectivity index (χ0) is 15.1. The van der Waals surface area contributed by atoms with Crippen LogP contribution in [0.3, 0.4) is 0 Å². The van der Waals surface area contributed by atoms with E-state index in [1.54, 1.807) is 6.07 Å². The number of hydrogen-bond donors (Lipinski definition) is 3. The summed E-state index contributed by atoms with van der Waals surface area (Å²) in [6.07, 6.45) is 1.90. The predicted octanol–water partition coefficient (Wildman–Crippen LogP) is 2.05. The highest BCUT2D eigenvalue weighted by molar-refractivity contribution is 6.00. The van der Waals surface area contributed by atoms with E-state index < -0.39 is 10.8 Å². The molecule has 0 unspecified atom stereocenters. The highest BCUT2D eigenvalue weighted by Crippen LogP contribution is 2.27. The molecular formula is C13H20N4O3. The number of anilines is 1. The van der Waals surface area contributed by atoms with Crippen LogP contribution in [0, 0.1) is 16.0 Å². The van der Waals surface area contributed by atoms with Crippen molar-refractivity contribution in [3.05, 3.63) is 33.9 Å². The summed E-state index contributed by atoms with van der Waals surface area (Å²) in [5, 5.41) is 13.8. The van der Waals surface area contributed by atoms with Gasteiger partial charge in [0, 0.05) is 6.54 Å². The smallest absolute Gasteiger partial charge is 0.306 e. The molecule has 7 heteroatoms. The molecule has 0 atom stereocenters. The molecule has 7 nitrogen and oxygen atoms in total. The Labute approximate surface area is 117 Å². The van der Waals surface area contributed by atoms with Crippen LogP contribution in [0.4, 0.5) is 11.4 Å². The normalized spacial score (nSPS) is 10.4. The van der Waals surface area contributed by atoms with Crippen LogP contribution in [0.5, 0.6) is 0 Å². The molecule has 110 valence electrons. The third-order valence-corrected chi connectivity index (χ3v) is 3.32. The summed E-state index contributed by atoms with van der Waals surface area (Å²) in [6, 6.07) is 4.42. The number of nitro groups is 1. The number of nitrogens with one attached hydrogen (secondary N) is 2. The zero-order valence-corrected chi connectivity index (χ0v) is 11.7. The van der Waals surface area contributed by atoms with Crippen molar-refractivity contribution in [3.8, 4) is 0 Å². The molecule has 0 spiro atoms. The number of benzene rings is 1. The number of hydrazine groups is 1. The monoisotopic (exact) mass is 280 g/mol. The maximum Gasteiger partial charge on any atom is 0.306 e. The molecule has 20 heavy (non-hydrogen) atoms. The minimum absolute atomic E-state index is 0.0106. The minimum Gasteiger partial charge on any atom is -0.352 e. The van der Waals surface area contributed by atoms with Crippen LogP contribution in [-0.2, 0) is 0 Å². The van der Waals surface area contributed by atoms with Crippen LogP contribution in [0.2, 0.25) is 0 Å². The first-order valence-corrected chi connectivity index (χ1v) is 6.57. The number of nitrogens with two attached hydrogens (primary N) is 1. The Kier molecular flexibility index (Phi) is 5.92. The minimum atomic E-state index is -0.610. The molecule has 0 aliphatic rings. The summed E-state index contributed by atoms with van der Waals surface area (Å²) < 4.78 is 0. The first-order valence-electron chi connectivity index (χ1n) is 6.57. The van der Waals surface area contributed by atoms with E-state index in [0.717, 1.165) is 12.8 Å². The summed E-state index contributed by atoms with van der Waals surface area (Å²) in [6.45, 7) is 4.59. The van der Waals surface area contributed by atoms with Crippen LogP contribution in [-0.4, -0.2) is 17.4 Å². The highest BCUT2D eigenvalue weighted by atomic mass is 16.6. The van der Waals surface area contributed by atoms with E-state index in [9.17, 15) is 14.9 Å². The number of amides is 1. The van der Waals surface area contributed by atoms with Gasteiger partial charge in [0.2, 0.25) is 0 Å². The molecule has 0 aliphatic heterocycles. The molecule has 0 fully saturated rings. The van der Waals surface area contributed by atoms with E-state index in [1.807, 2.05) is 13.8 Å². The topological polar surface area (TPSA) is 110 Å². The summed E-state index contributed by atoms with van der Waals surface area (Å²) in [7, 11) is 0. The van der Waals surface area contributed by atoms with E-state index in [4.69, 9.17) is 5.84 Å². The zero-order valence-electron chi connectivity index (χ0n) is 11.7. The number of hydrogen-bond acceptors (Lipinski definition) is 5. The molecule has 0 aliphatic carbocycles. The maximum atomic E-state index is 12.1. The van der Waals surface area contributed by atoms with Crippen molar-refractivity contribution >= 4 is 17.3 Å². The molecular weight excluding hydrogens is 260 g/mol. The van der Waals surface area contributed by atoms with Gasteiger partial charge in [-0.15, -0.1) is 0 Å². The van der Waals surface area contributed by atoms with Gasteiger partial charge in [-0.05, 0) is 18.1 Å². The average molecular weight is 280 g/mol. The molecule has 0 saturated heterocycles. The number of rotatable bonds is 7. The fourth-order valence-electron chi connectivity index (χ4n) is 1.95. The Hall–Kier alpha value is -2.15. The Bertz CT molecular complexity index is 487. The molecule has 0 radical (unpaired) electrons. The SMILES string of the molecule is CCC(CC)CNC(=O)c1cccc(NN)c1[N+](=O)[O-]. The lowest BCUT2D eigenvalue weighted by molar-refractivity contribution is -0.384. The van der Waals surface area contributed by atoms with Crippen molar-refractivity contribution in [1.82, 2.24) is 5.32 Å². The maximum absolute atomic E-state index is 12.1. The van der Waals surface area contributed by atoms with Crippen molar-refractivity contribution in [1.29, 1.82) is 0 Å². The summed E-state index contributed by atoms with van der Waals surface area (Å²) in [4.78, 5) is 22.6. The molecule has 1 aromatic carbocycles. The number of para-hydroxylation sites is 1. The fraction of sp³-hybridized carbons (Fsp3) is 0.462. The quantitative estimate of drug-likeness (QED) is 0.402. The molecule has 1 rings (SSSR count). The Morgan fingerprint density at radius 3 is 2.55 bits per heavy atom. The van der Waals surface area contributed by atoms with Gasteiger partial charge in [0.15, 0.2) is 0 Å². The molecule has 1 amide bonds. The highest BCUT2D eigenvalue weighted by Gasteiger charge is 2.24. The fourth-order valence-corrected chi connectivity index (χ4v) is 1.95. The van der Waals surface area contributed by atoms with Gasteiger partial charge >= 0.3 is 5.69 Å². The van der Waals surface area contributed by atoms with Crippen LogP contribution < -0.4 is 16.6 Å². The van der Waals surface area contributed by atoms with Crippen molar-refractivity contribution < 1.29 is 9.72 Å². The third kappa shape index (κ3) is 3.67. The lowest BCUT2D eigenvalue weighted by Crippen LogP contribution is -2.29. The lowest BCUT2D eigenvalue weighted by Gasteiger charge is -2.13. The summed E-state index contributed by atoms with van der Waals surface area (Å²) in [5.74, 6) is 5.15. The second-order valence-electron chi connectivity index (χ2n) is 4.50. The van der Waals surface area contributed by atoms with Crippen LogP contribution in [0.15, 0.2) is 18.2 Å². The first-order chi connectivity index (χ1) is 9.54. The predicted molar refractivity (Wildman–Crippen MR) is 77.3 cm³/mol. The molecule has 0 saturated carbocycles. The van der Waals surface area contributed by atoms with E-state index >= 15 is 0 Å². The second-order valence-corrected chi connectivity index (χ2v) is 4.50. The van der Waals surface area contributed by atoms with E-state index in [2.05, 4.69) is 10.7 Å². The van der Waals surface area contributed by atoms with Crippen LogP contribution in [0.1, 0.15) is 37.0 Å². The molecule has 1 aromatic rings. The van der Waals surface area contributed by atoms with Gasteiger partial charge in [-0.2, -0.15) is 0 Å². The van der Waals surface area contributed by atoms with Crippen LogP contribution >= 0.6 is 0 Å². The third-order valence-electron chi connectivity index (χ3n) is 3.32. The van der Waals surface area contributed by atoms with Crippen LogP contribution in [0.25, 0.3) is 0 Å². The van der Waals surface area contributed by atoms with E-state index in [-0.39, 0.29) is 16.9 Å². The number of carbonyl (C=O) groups is 1. The number of nitro benzene ring substituents is 1. The first kappa shape index (κ1) is 15.9. The Balaban J connectivity index is 2.95. The van der Waals surface area contributed by atoms with Gasteiger partial charge in [-0.3, -0.25) is 20.8 Å². The molecule has 0 heterocycles. The number of nitrogen functional groups attached to an aromatic ring is 1. The van der Waals surface area contributed by atoms with Crippen molar-refractivity contribution in [2.45, 2.75) is 26.7 Å². The van der Waals surface area contributed by atoms with Gasteiger partial charge in [0.25, 0.3) is 5.91 Å². The standard InChI is InChI=1S/C13H20N4O3/c1-3-9(4-2)8-15-13(18)10-6-5-7-11(16-14)12(10)17(19)20/h5-7,9,16H,3-4,8,14H2,1-2H3,(H,15,18). The van der Waals surface area contributed by atoms with Crippen molar-refractivity contribution in [3.63, 3.8) is 0 Å². The number of nitrogens with zero attached hydrogens (tertiary/aromatic N) is 1. The largest absolute Gasteiger partial charge is 0.352 e. The van der Waals surface area contributed by atoms with E-state index in [0.29, 0.717) is 12.5 Å². The number of carbonyl (C=O) groups excluding carboxylic acids is 1. The van der Waals surface area contributed by atoms with Gasteiger partial charge in [0.1, 0.15) is 11.3 Å². The average Bonchev–Trinajstić information content (AvgIpc) is 2.46. The summed E-state index contributed by atoms with van der Waals surface area (Å²) in [5.41, 5.74) is 2.06. The van der Waals surface area contributed by atoms with Crippen molar-refractivity contribution in [2.75, 3.05) is 12.0 Å². The van der Waals surface area contributed by atoms with Gasteiger partial charge in [-0.25, -0.2) is 0 Å². The van der Waals surface area contributed by atoms with Gasteiger partial charge in [0.05, 0.1) is 4.92 Å². The van der Waals surface area contributed by atoms with Crippen molar-refractivity contribution in [2.24, 2.45) is 11.8 Å². The summed E-state index contributed by atoms with van der Waals surface area (Å²) >= 11 is 0. The Morgan fingerprint density at radius 2 is 2.05 bits per heavy atom.